The summed E-state index contributed by atoms with van der Waals surface area (Å²) >= 11 is 0. The number of hydrogen-bond donors (Lipinski definition) is 2. The molecule has 3 rings (SSSR count). The maximum atomic E-state index is 12.2. The lowest BCUT2D eigenvalue weighted by Crippen LogP contribution is -2.48. The predicted octanol–water partition coefficient (Wildman–Crippen LogP) is 2.28. The molecule has 0 amide bonds. The van der Waals surface area contributed by atoms with Crippen molar-refractivity contribution in [3.63, 3.8) is 0 Å². The fourth-order valence-corrected chi connectivity index (χ4v) is 5.35. The number of aryl methyl sites for hydroxylation is 1. The molecule has 1 aromatic rings. The van der Waals surface area contributed by atoms with Crippen LogP contribution in [0.5, 0.6) is 5.88 Å². The van der Waals surface area contributed by atoms with Gasteiger partial charge in [0, 0.05) is 23.3 Å². The molecule has 2 heterocycles. The summed E-state index contributed by atoms with van der Waals surface area (Å²) in [7, 11) is -3.28. The second-order valence-electron chi connectivity index (χ2n) is 8.59. The van der Waals surface area contributed by atoms with E-state index in [1.807, 2.05) is 13.8 Å². The molecule has 170 valence electrons. The van der Waals surface area contributed by atoms with Crippen molar-refractivity contribution in [2.45, 2.75) is 89.2 Å². The molecule has 1 saturated carbocycles. The number of hydrogen-bond acceptors (Lipinski definition) is 7. The Bertz CT molecular complexity index is 794. The fraction of sp³-hybridized carbons (Fsp3) is 0.810. The maximum Gasteiger partial charge on any atom is 0.220 e. The monoisotopic (exact) mass is 440 g/mol. The van der Waals surface area contributed by atoms with Crippen molar-refractivity contribution in [1.82, 2.24) is 20.0 Å². The van der Waals surface area contributed by atoms with Gasteiger partial charge in [0.15, 0.2) is 0 Å². The lowest BCUT2D eigenvalue weighted by atomic mass is 9.82. The van der Waals surface area contributed by atoms with Crippen molar-refractivity contribution < 1.29 is 17.9 Å². The van der Waals surface area contributed by atoms with Crippen LogP contribution in [0.3, 0.4) is 0 Å². The minimum absolute atomic E-state index is 0.0190. The Morgan fingerprint density at radius 2 is 1.93 bits per heavy atom. The van der Waals surface area contributed by atoms with Gasteiger partial charge in [-0.05, 0) is 72.3 Å². The Balaban J connectivity index is 1.51. The third kappa shape index (κ3) is 5.69. The van der Waals surface area contributed by atoms with Crippen molar-refractivity contribution in [2.24, 2.45) is 0 Å². The van der Waals surface area contributed by atoms with Crippen LogP contribution in [0.2, 0.25) is 0 Å². The molecule has 2 N–H and O–H groups in total. The SMILES string of the molecule is CCOc1ncnc(C)c1C1CCC(OC[C@@H]2NCC[C@@H]2NS(=O)(=O)C(C)C)CC1. The first-order valence-corrected chi connectivity index (χ1v) is 12.7. The number of nitrogens with zero attached hydrogens (tertiary/aromatic N) is 2. The van der Waals surface area contributed by atoms with Crippen molar-refractivity contribution in [1.29, 1.82) is 0 Å². The van der Waals surface area contributed by atoms with Gasteiger partial charge in [-0.25, -0.2) is 23.1 Å². The normalized spacial score (nSPS) is 27.5. The van der Waals surface area contributed by atoms with E-state index in [1.54, 1.807) is 20.2 Å². The lowest BCUT2D eigenvalue weighted by molar-refractivity contribution is 0.0124. The van der Waals surface area contributed by atoms with Gasteiger partial charge in [-0.2, -0.15) is 0 Å². The summed E-state index contributed by atoms with van der Waals surface area (Å²) in [5, 5.41) is 2.96. The van der Waals surface area contributed by atoms with E-state index >= 15 is 0 Å². The van der Waals surface area contributed by atoms with E-state index in [9.17, 15) is 8.42 Å². The number of aromatic nitrogens is 2. The Morgan fingerprint density at radius 3 is 2.60 bits per heavy atom. The molecule has 8 nitrogen and oxygen atoms in total. The van der Waals surface area contributed by atoms with Gasteiger partial charge < -0.3 is 14.8 Å². The summed E-state index contributed by atoms with van der Waals surface area (Å²) in [6.45, 7) is 9.32. The van der Waals surface area contributed by atoms with Crippen LogP contribution < -0.4 is 14.8 Å². The molecule has 0 spiro atoms. The summed E-state index contributed by atoms with van der Waals surface area (Å²) in [5.74, 6) is 1.10. The van der Waals surface area contributed by atoms with Crippen LogP contribution in [0.25, 0.3) is 0 Å². The maximum absolute atomic E-state index is 12.2. The summed E-state index contributed by atoms with van der Waals surface area (Å²) < 4.78 is 39.2. The average molecular weight is 441 g/mol. The highest BCUT2D eigenvalue weighted by molar-refractivity contribution is 7.90. The molecular weight excluding hydrogens is 404 g/mol. The van der Waals surface area contributed by atoms with E-state index in [0.717, 1.165) is 49.9 Å². The Hall–Kier alpha value is -1.29. The molecule has 2 aliphatic rings. The molecule has 0 bridgehead atoms. The summed E-state index contributed by atoms with van der Waals surface area (Å²) in [6.07, 6.45) is 6.53. The first-order chi connectivity index (χ1) is 14.3. The molecule has 1 saturated heterocycles. The molecule has 1 aliphatic heterocycles. The van der Waals surface area contributed by atoms with Crippen LogP contribution >= 0.6 is 0 Å². The van der Waals surface area contributed by atoms with Crippen molar-refractivity contribution >= 4 is 10.0 Å². The number of nitrogens with one attached hydrogen (secondary N) is 2. The van der Waals surface area contributed by atoms with E-state index in [1.165, 1.54) is 0 Å². The zero-order valence-electron chi connectivity index (χ0n) is 18.6. The molecule has 0 unspecified atom stereocenters. The van der Waals surface area contributed by atoms with Gasteiger partial charge in [0.1, 0.15) is 6.33 Å². The third-order valence-corrected chi connectivity index (χ3v) is 8.08. The van der Waals surface area contributed by atoms with Crippen LogP contribution in [0.4, 0.5) is 0 Å². The van der Waals surface area contributed by atoms with E-state index in [2.05, 4.69) is 20.0 Å². The molecule has 1 aromatic heterocycles. The van der Waals surface area contributed by atoms with E-state index in [4.69, 9.17) is 9.47 Å². The molecule has 0 aromatic carbocycles. The van der Waals surface area contributed by atoms with Crippen LogP contribution in [0, 0.1) is 6.92 Å². The summed E-state index contributed by atoms with van der Waals surface area (Å²) in [6, 6.07) is -0.0859. The molecule has 2 fully saturated rings. The second-order valence-corrected chi connectivity index (χ2v) is 10.9. The minimum Gasteiger partial charge on any atom is -0.478 e. The summed E-state index contributed by atoms with van der Waals surface area (Å²) in [4.78, 5) is 8.70. The fourth-order valence-electron chi connectivity index (χ4n) is 4.37. The zero-order chi connectivity index (χ0) is 21.7. The Kier molecular flexibility index (Phi) is 8.06. The van der Waals surface area contributed by atoms with Gasteiger partial charge in [0.25, 0.3) is 0 Å². The second kappa shape index (κ2) is 10.3. The number of rotatable bonds is 9. The van der Waals surface area contributed by atoms with E-state index in [0.29, 0.717) is 25.0 Å². The van der Waals surface area contributed by atoms with Crippen molar-refractivity contribution in [3.05, 3.63) is 17.6 Å². The molecule has 30 heavy (non-hydrogen) atoms. The highest BCUT2D eigenvalue weighted by atomic mass is 32.2. The van der Waals surface area contributed by atoms with Gasteiger partial charge in [0.05, 0.1) is 24.6 Å². The van der Waals surface area contributed by atoms with Gasteiger partial charge in [-0.3, -0.25) is 0 Å². The van der Waals surface area contributed by atoms with Gasteiger partial charge in [-0.15, -0.1) is 0 Å². The Morgan fingerprint density at radius 1 is 1.20 bits per heavy atom. The standard InChI is InChI=1S/C21H36N4O4S/c1-5-28-21-20(15(4)23-13-24-21)16-6-8-17(9-7-16)29-12-19-18(10-11-22-19)25-30(26,27)14(2)3/h13-14,16-19,22,25H,5-12H2,1-4H3/t16?,17?,18-,19-/m0/s1. The lowest BCUT2D eigenvalue weighted by Gasteiger charge is -2.31. The van der Waals surface area contributed by atoms with Crippen LogP contribution in [0.1, 0.15) is 70.1 Å². The molecule has 0 radical (unpaired) electrons. The first kappa shape index (κ1) is 23.4. The average Bonchev–Trinajstić information content (AvgIpc) is 3.13. The quantitative estimate of drug-likeness (QED) is 0.607. The van der Waals surface area contributed by atoms with Gasteiger partial charge >= 0.3 is 0 Å². The Labute approximate surface area is 180 Å². The van der Waals surface area contributed by atoms with Crippen LogP contribution in [-0.2, 0) is 14.8 Å². The largest absolute Gasteiger partial charge is 0.478 e. The third-order valence-electron chi connectivity index (χ3n) is 6.21. The van der Waals surface area contributed by atoms with Crippen molar-refractivity contribution in [2.75, 3.05) is 19.8 Å². The smallest absolute Gasteiger partial charge is 0.220 e. The van der Waals surface area contributed by atoms with Crippen LogP contribution in [-0.4, -0.2) is 61.6 Å². The van der Waals surface area contributed by atoms with Crippen LogP contribution in [0.15, 0.2) is 6.33 Å². The molecule has 9 heteroatoms. The van der Waals surface area contributed by atoms with E-state index in [-0.39, 0.29) is 18.2 Å². The predicted molar refractivity (Wildman–Crippen MR) is 116 cm³/mol. The molecule has 1 aliphatic carbocycles. The zero-order valence-corrected chi connectivity index (χ0v) is 19.4. The highest BCUT2D eigenvalue weighted by Gasteiger charge is 2.33. The van der Waals surface area contributed by atoms with E-state index < -0.39 is 15.3 Å². The molecular formula is C21H36N4O4S. The summed E-state index contributed by atoms with van der Waals surface area (Å²) in [5.41, 5.74) is 2.13. The van der Waals surface area contributed by atoms with Gasteiger partial charge in [-0.1, -0.05) is 0 Å². The highest BCUT2D eigenvalue weighted by Crippen LogP contribution is 2.38. The van der Waals surface area contributed by atoms with Crippen molar-refractivity contribution in [3.8, 4) is 5.88 Å². The molecule has 2 atom stereocenters. The number of ether oxygens (including phenoxy) is 2. The topological polar surface area (TPSA) is 102 Å². The van der Waals surface area contributed by atoms with Gasteiger partial charge in [0.2, 0.25) is 15.9 Å². The minimum atomic E-state index is -3.28. The number of sulfonamides is 1. The first-order valence-electron chi connectivity index (χ1n) is 11.1.